The third kappa shape index (κ3) is 6.23. The first kappa shape index (κ1) is 20.2. The van der Waals surface area contributed by atoms with Crippen LogP contribution in [-0.4, -0.2) is 36.2 Å². The average Bonchev–Trinajstić information content (AvgIpc) is 3.18. The lowest BCUT2D eigenvalue weighted by Crippen LogP contribution is -3.12. The van der Waals surface area contributed by atoms with Gasteiger partial charge in [-0.05, 0) is 68.2 Å². The second-order valence-electron chi connectivity index (χ2n) is 7.30. The third-order valence-electron chi connectivity index (χ3n) is 5.17. The minimum atomic E-state index is 0.674. The molecule has 0 spiro atoms. The van der Waals surface area contributed by atoms with Gasteiger partial charge in [0.25, 0.3) is 0 Å². The summed E-state index contributed by atoms with van der Waals surface area (Å²) >= 11 is 11.9. The number of aryl methyl sites for hydroxylation is 1. The van der Waals surface area contributed by atoms with Crippen LogP contribution in [-0.2, 0) is 6.54 Å². The average molecular weight is 407 g/mol. The number of piperidine rings is 1. The highest BCUT2D eigenvalue weighted by Gasteiger charge is 2.16. The van der Waals surface area contributed by atoms with Crippen molar-refractivity contribution in [1.82, 2.24) is 4.90 Å². The van der Waals surface area contributed by atoms with Gasteiger partial charge in [-0.3, -0.25) is 0 Å². The number of rotatable bonds is 7. The Morgan fingerprint density at radius 2 is 2.07 bits per heavy atom. The van der Waals surface area contributed by atoms with Crippen molar-refractivity contribution in [2.24, 2.45) is 0 Å². The van der Waals surface area contributed by atoms with E-state index in [1.54, 1.807) is 11.2 Å². The summed E-state index contributed by atoms with van der Waals surface area (Å²) in [5, 5.41) is 4.80. The number of nitrogens with one attached hydrogen (secondary N) is 2. The van der Waals surface area contributed by atoms with Gasteiger partial charge < -0.3 is 19.5 Å². The molecule has 2 N–H and O–H groups in total. The quantitative estimate of drug-likeness (QED) is 0.683. The number of halogens is 1. The molecule has 0 amide bonds. The van der Waals surface area contributed by atoms with Crippen LogP contribution in [0.5, 0.6) is 0 Å². The van der Waals surface area contributed by atoms with Crippen LogP contribution in [0, 0.1) is 6.92 Å². The molecule has 1 fully saturated rings. The summed E-state index contributed by atoms with van der Waals surface area (Å²) in [7, 11) is 0. The largest absolute Gasteiger partial charge is 0.467 e. The van der Waals surface area contributed by atoms with E-state index in [1.807, 2.05) is 30.3 Å². The zero-order valence-electron chi connectivity index (χ0n) is 16.0. The van der Waals surface area contributed by atoms with Gasteiger partial charge in [0.2, 0.25) is 0 Å². The lowest BCUT2D eigenvalue weighted by molar-refractivity contribution is -0.905. The van der Waals surface area contributed by atoms with E-state index in [9.17, 15) is 0 Å². The Balaban J connectivity index is 1.61. The first-order chi connectivity index (χ1) is 13.1. The Morgan fingerprint density at radius 3 is 2.81 bits per heavy atom. The SMILES string of the molecule is Cc1ccc(Cl)cc1NC(=S)N(CCC[NH+]1CCCCC1)Cc1ccco1. The molecule has 1 aliphatic rings. The summed E-state index contributed by atoms with van der Waals surface area (Å²) in [4.78, 5) is 3.92. The first-order valence-corrected chi connectivity index (χ1v) is 10.6. The van der Waals surface area contributed by atoms with Gasteiger partial charge in [-0.25, -0.2) is 0 Å². The smallest absolute Gasteiger partial charge is 0.173 e. The number of thiocarbonyl (C=S) groups is 1. The molecule has 3 rings (SSSR count). The predicted molar refractivity (Wildman–Crippen MR) is 116 cm³/mol. The fourth-order valence-electron chi connectivity index (χ4n) is 3.59. The van der Waals surface area contributed by atoms with E-state index in [0.717, 1.165) is 30.0 Å². The van der Waals surface area contributed by atoms with Crippen molar-refractivity contribution in [3.05, 3.63) is 52.9 Å². The van der Waals surface area contributed by atoms with Crippen LogP contribution < -0.4 is 10.2 Å². The highest BCUT2D eigenvalue weighted by atomic mass is 35.5. The molecule has 0 saturated carbocycles. The van der Waals surface area contributed by atoms with Gasteiger partial charge >= 0.3 is 0 Å². The Kier molecular flexibility index (Phi) is 7.56. The number of nitrogens with zero attached hydrogens (tertiary/aromatic N) is 1. The number of furan rings is 1. The van der Waals surface area contributed by atoms with Crippen LogP contribution in [0.1, 0.15) is 37.0 Å². The summed E-state index contributed by atoms with van der Waals surface area (Å²) in [5.41, 5.74) is 2.08. The third-order valence-corrected chi connectivity index (χ3v) is 5.77. The zero-order valence-corrected chi connectivity index (χ0v) is 17.5. The Bertz CT molecular complexity index is 729. The normalized spacial score (nSPS) is 14.9. The molecule has 1 aromatic heterocycles. The van der Waals surface area contributed by atoms with Gasteiger partial charge in [0.15, 0.2) is 5.11 Å². The molecule has 1 aromatic carbocycles. The van der Waals surface area contributed by atoms with Crippen LogP contribution in [0.4, 0.5) is 5.69 Å². The Labute approximate surface area is 172 Å². The molecule has 0 aliphatic carbocycles. The van der Waals surface area contributed by atoms with E-state index < -0.39 is 0 Å². The topological polar surface area (TPSA) is 32.9 Å². The molecule has 2 heterocycles. The van der Waals surface area contributed by atoms with Gasteiger partial charge in [0.1, 0.15) is 5.76 Å². The highest BCUT2D eigenvalue weighted by Crippen LogP contribution is 2.21. The van der Waals surface area contributed by atoms with Crippen LogP contribution in [0.3, 0.4) is 0 Å². The molecule has 0 bridgehead atoms. The van der Waals surface area contributed by atoms with Gasteiger partial charge in [0, 0.05) is 23.7 Å². The van der Waals surface area contributed by atoms with E-state index in [4.69, 9.17) is 28.2 Å². The molecule has 0 radical (unpaired) electrons. The molecule has 0 unspecified atom stereocenters. The Morgan fingerprint density at radius 1 is 1.26 bits per heavy atom. The van der Waals surface area contributed by atoms with Crippen molar-refractivity contribution in [3.8, 4) is 0 Å². The monoisotopic (exact) mass is 406 g/mol. The molecule has 4 nitrogen and oxygen atoms in total. The van der Waals surface area contributed by atoms with E-state index in [0.29, 0.717) is 16.7 Å². The molecule has 27 heavy (non-hydrogen) atoms. The number of benzene rings is 1. The van der Waals surface area contributed by atoms with Gasteiger partial charge in [-0.1, -0.05) is 17.7 Å². The highest BCUT2D eigenvalue weighted by molar-refractivity contribution is 7.80. The lowest BCUT2D eigenvalue weighted by Gasteiger charge is -2.28. The molecular weight excluding hydrogens is 378 g/mol. The summed E-state index contributed by atoms with van der Waals surface area (Å²) in [6.45, 7) is 7.46. The second-order valence-corrected chi connectivity index (χ2v) is 8.13. The fraction of sp³-hybridized carbons (Fsp3) is 0.476. The maximum Gasteiger partial charge on any atom is 0.173 e. The molecule has 0 atom stereocenters. The minimum absolute atomic E-state index is 0.674. The maximum absolute atomic E-state index is 6.15. The van der Waals surface area contributed by atoms with E-state index >= 15 is 0 Å². The summed E-state index contributed by atoms with van der Waals surface area (Å²) < 4.78 is 5.55. The summed E-state index contributed by atoms with van der Waals surface area (Å²) in [6, 6.07) is 9.74. The zero-order chi connectivity index (χ0) is 19.1. The fourth-order valence-corrected chi connectivity index (χ4v) is 4.03. The standard InChI is InChI=1S/C21H28ClN3OS/c1-17-8-9-18(22)15-20(17)23-21(27)25(16-19-7-5-14-26-19)13-6-12-24-10-3-2-4-11-24/h5,7-9,14-15H,2-4,6,10-13,16H2,1H3,(H,23,27)/p+1. The van der Waals surface area contributed by atoms with Gasteiger partial charge in [0.05, 0.1) is 32.4 Å². The number of hydrogen-bond acceptors (Lipinski definition) is 2. The lowest BCUT2D eigenvalue weighted by atomic mass is 10.1. The number of quaternary nitrogens is 1. The van der Waals surface area contributed by atoms with Gasteiger partial charge in [-0.15, -0.1) is 0 Å². The molecule has 146 valence electrons. The number of hydrogen-bond donors (Lipinski definition) is 2. The van der Waals surface area contributed by atoms with E-state index in [2.05, 4.69) is 17.1 Å². The molecule has 2 aromatic rings. The molecule has 6 heteroatoms. The van der Waals surface area contributed by atoms with Crippen molar-refractivity contribution >= 4 is 34.6 Å². The van der Waals surface area contributed by atoms with Crippen molar-refractivity contribution in [2.75, 3.05) is 31.5 Å². The predicted octanol–water partition coefficient (Wildman–Crippen LogP) is 3.90. The summed E-state index contributed by atoms with van der Waals surface area (Å²) in [6.07, 6.45) is 6.94. The molecular formula is C21H29ClN3OS+. The van der Waals surface area contributed by atoms with E-state index in [1.165, 1.54) is 38.9 Å². The van der Waals surface area contributed by atoms with Crippen molar-refractivity contribution in [3.63, 3.8) is 0 Å². The van der Waals surface area contributed by atoms with Crippen LogP contribution in [0.2, 0.25) is 5.02 Å². The maximum atomic E-state index is 6.15. The number of anilines is 1. The Hall–Kier alpha value is -1.56. The molecule has 1 aliphatic heterocycles. The summed E-state index contributed by atoms with van der Waals surface area (Å²) in [5.74, 6) is 0.923. The van der Waals surface area contributed by atoms with Crippen molar-refractivity contribution in [2.45, 2.75) is 39.2 Å². The number of likely N-dealkylation sites (tertiary alicyclic amines) is 1. The van der Waals surface area contributed by atoms with Crippen LogP contribution in [0.15, 0.2) is 41.0 Å². The minimum Gasteiger partial charge on any atom is -0.467 e. The second kappa shape index (κ2) is 10.1. The van der Waals surface area contributed by atoms with Crippen LogP contribution >= 0.6 is 23.8 Å². The van der Waals surface area contributed by atoms with Crippen LogP contribution in [0.25, 0.3) is 0 Å². The first-order valence-electron chi connectivity index (χ1n) is 9.80. The van der Waals surface area contributed by atoms with Gasteiger partial charge in [-0.2, -0.15) is 0 Å². The van der Waals surface area contributed by atoms with Crippen molar-refractivity contribution < 1.29 is 9.32 Å². The molecule has 1 saturated heterocycles. The van der Waals surface area contributed by atoms with E-state index in [-0.39, 0.29) is 0 Å². The van der Waals surface area contributed by atoms with Crippen molar-refractivity contribution in [1.29, 1.82) is 0 Å².